The summed E-state index contributed by atoms with van der Waals surface area (Å²) in [7, 11) is 0. The third-order valence-electron chi connectivity index (χ3n) is 3.37. The third-order valence-corrected chi connectivity index (χ3v) is 3.37. The number of pyridine rings is 1. The lowest BCUT2D eigenvalue weighted by atomic mass is 9.96. The van der Waals surface area contributed by atoms with Crippen LogP contribution in [0.4, 0.5) is 11.6 Å². The number of anilines is 2. The molecular formula is C14H18N4O. The van der Waals surface area contributed by atoms with Crippen LogP contribution in [0.1, 0.15) is 30.2 Å². The van der Waals surface area contributed by atoms with Gasteiger partial charge in [-0.25, -0.2) is 4.98 Å². The van der Waals surface area contributed by atoms with Crippen LogP contribution in [-0.2, 0) is 0 Å². The van der Waals surface area contributed by atoms with Gasteiger partial charge in [0.2, 0.25) is 0 Å². The van der Waals surface area contributed by atoms with Gasteiger partial charge in [-0.2, -0.15) is 0 Å². The molecule has 1 aliphatic heterocycles. The van der Waals surface area contributed by atoms with Crippen molar-refractivity contribution in [1.29, 1.82) is 0 Å². The molecule has 2 N–H and O–H groups in total. The number of aromatic nitrogens is 2. The molecule has 3 rings (SSSR count). The van der Waals surface area contributed by atoms with Crippen LogP contribution < -0.4 is 10.6 Å². The number of hydrogen-bond donors (Lipinski definition) is 2. The molecule has 2 aromatic rings. The zero-order valence-electron chi connectivity index (χ0n) is 11.0. The predicted octanol–water partition coefficient (Wildman–Crippen LogP) is 2.59. The second-order valence-corrected chi connectivity index (χ2v) is 4.94. The van der Waals surface area contributed by atoms with Crippen molar-refractivity contribution in [3.63, 3.8) is 0 Å². The quantitative estimate of drug-likeness (QED) is 0.886. The lowest BCUT2D eigenvalue weighted by molar-refractivity contribution is 0.400. The average molecular weight is 258 g/mol. The molecule has 3 heterocycles. The standard InChI is InChI=1S/C14H18N4O/c1-10-8-14(18-19-10)17-13-6-2-5-12(16-13)11-4-3-7-15-9-11/h2,5-6,8,11,15H,3-4,7,9H2,1H3,(H,16,17,18)/t11-/m0/s1. The number of rotatable bonds is 3. The summed E-state index contributed by atoms with van der Waals surface area (Å²) in [6.07, 6.45) is 2.42. The summed E-state index contributed by atoms with van der Waals surface area (Å²) in [6, 6.07) is 7.93. The van der Waals surface area contributed by atoms with Gasteiger partial charge in [0.15, 0.2) is 5.82 Å². The van der Waals surface area contributed by atoms with E-state index in [-0.39, 0.29) is 0 Å². The van der Waals surface area contributed by atoms with Crippen molar-refractivity contribution in [3.05, 3.63) is 35.7 Å². The largest absolute Gasteiger partial charge is 0.360 e. The second-order valence-electron chi connectivity index (χ2n) is 4.94. The molecule has 0 radical (unpaired) electrons. The van der Waals surface area contributed by atoms with E-state index in [0.29, 0.717) is 11.7 Å². The van der Waals surface area contributed by atoms with Crippen LogP contribution >= 0.6 is 0 Å². The maximum Gasteiger partial charge on any atom is 0.175 e. The van der Waals surface area contributed by atoms with E-state index in [1.807, 2.05) is 25.1 Å². The first kappa shape index (κ1) is 12.2. The predicted molar refractivity (Wildman–Crippen MR) is 73.6 cm³/mol. The van der Waals surface area contributed by atoms with Gasteiger partial charge < -0.3 is 15.2 Å². The highest BCUT2D eigenvalue weighted by molar-refractivity contribution is 5.51. The Hall–Kier alpha value is -1.88. The van der Waals surface area contributed by atoms with Gasteiger partial charge in [-0.1, -0.05) is 11.2 Å². The minimum atomic E-state index is 0.509. The smallest absolute Gasteiger partial charge is 0.175 e. The molecule has 100 valence electrons. The van der Waals surface area contributed by atoms with Crippen molar-refractivity contribution >= 4 is 11.6 Å². The fourth-order valence-corrected chi connectivity index (χ4v) is 2.41. The summed E-state index contributed by atoms with van der Waals surface area (Å²) in [5.74, 6) is 2.81. The van der Waals surface area contributed by atoms with Crippen LogP contribution in [0.3, 0.4) is 0 Å². The summed E-state index contributed by atoms with van der Waals surface area (Å²) < 4.78 is 5.03. The summed E-state index contributed by atoms with van der Waals surface area (Å²) in [5.41, 5.74) is 1.14. The highest BCUT2D eigenvalue weighted by atomic mass is 16.5. The Morgan fingerprint density at radius 1 is 1.37 bits per heavy atom. The number of hydrogen-bond acceptors (Lipinski definition) is 5. The first-order valence-electron chi connectivity index (χ1n) is 6.69. The molecule has 1 saturated heterocycles. The first-order valence-corrected chi connectivity index (χ1v) is 6.69. The maximum atomic E-state index is 5.03. The van der Waals surface area contributed by atoms with Crippen molar-refractivity contribution in [2.75, 3.05) is 18.4 Å². The fourth-order valence-electron chi connectivity index (χ4n) is 2.41. The lowest BCUT2D eigenvalue weighted by Crippen LogP contribution is -2.28. The molecule has 0 aromatic carbocycles. The van der Waals surface area contributed by atoms with Crippen molar-refractivity contribution in [1.82, 2.24) is 15.5 Å². The van der Waals surface area contributed by atoms with Gasteiger partial charge in [0.25, 0.3) is 0 Å². The van der Waals surface area contributed by atoms with E-state index in [1.165, 1.54) is 12.8 Å². The number of nitrogens with zero attached hydrogens (tertiary/aromatic N) is 2. The SMILES string of the molecule is Cc1cc(Nc2cccc([C@H]3CCCNC3)n2)no1. The topological polar surface area (TPSA) is 63.0 Å². The van der Waals surface area contributed by atoms with Crippen LogP contribution in [0.25, 0.3) is 0 Å². The van der Waals surface area contributed by atoms with E-state index < -0.39 is 0 Å². The van der Waals surface area contributed by atoms with Crippen LogP contribution in [0, 0.1) is 6.92 Å². The molecule has 1 fully saturated rings. The number of nitrogens with one attached hydrogen (secondary N) is 2. The third kappa shape index (κ3) is 2.93. The number of piperidine rings is 1. The Morgan fingerprint density at radius 2 is 2.32 bits per heavy atom. The normalized spacial score (nSPS) is 19.3. The summed E-state index contributed by atoms with van der Waals surface area (Å²) >= 11 is 0. The zero-order valence-corrected chi connectivity index (χ0v) is 11.0. The maximum absolute atomic E-state index is 5.03. The summed E-state index contributed by atoms with van der Waals surface area (Å²) in [5, 5.41) is 10.5. The highest BCUT2D eigenvalue weighted by Crippen LogP contribution is 2.23. The molecule has 2 aromatic heterocycles. The molecule has 0 spiro atoms. The van der Waals surface area contributed by atoms with Crippen LogP contribution in [0.2, 0.25) is 0 Å². The Kier molecular flexibility index (Phi) is 3.46. The Labute approximate surface area is 112 Å². The van der Waals surface area contributed by atoms with Crippen molar-refractivity contribution in [2.45, 2.75) is 25.7 Å². The molecule has 0 amide bonds. The van der Waals surface area contributed by atoms with Gasteiger partial charge in [-0.05, 0) is 38.4 Å². The van der Waals surface area contributed by atoms with Gasteiger partial charge >= 0.3 is 0 Å². The lowest BCUT2D eigenvalue weighted by Gasteiger charge is -2.22. The van der Waals surface area contributed by atoms with E-state index >= 15 is 0 Å². The molecule has 19 heavy (non-hydrogen) atoms. The second kappa shape index (κ2) is 5.40. The minimum absolute atomic E-state index is 0.509. The molecular weight excluding hydrogens is 240 g/mol. The van der Waals surface area contributed by atoms with E-state index in [9.17, 15) is 0 Å². The van der Waals surface area contributed by atoms with Gasteiger partial charge in [-0.3, -0.25) is 0 Å². The van der Waals surface area contributed by atoms with E-state index in [0.717, 1.165) is 30.4 Å². The molecule has 5 heteroatoms. The van der Waals surface area contributed by atoms with Crippen LogP contribution in [0.5, 0.6) is 0 Å². The molecule has 0 aliphatic carbocycles. The van der Waals surface area contributed by atoms with Crippen molar-refractivity contribution in [3.8, 4) is 0 Å². The number of aryl methyl sites for hydroxylation is 1. The zero-order chi connectivity index (χ0) is 13.1. The molecule has 1 aliphatic rings. The molecule has 0 saturated carbocycles. The van der Waals surface area contributed by atoms with Gasteiger partial charge in [0.1, 0.15) is 11.6 Å². The monoisotopic (exact) mass is 258 g/mol. The summed E-state index contributed by atoms with van der Waals surface area (Å²) in [6.45, 7) is 4.00. The fraction of sp³-hybridized carbons (Fsp3) is 0.429. The van der Waals surface area contributed by atoms with E-state index in [2.05, 4.69) is 26.8 Å². The van der Waals surface area contributed by atoms with E-state index in [1.54, 1.807) is 0 Å². The molecule has 1 atom stereocenters. The molecule has 0 unspecified atom stereocenters. The van der Waals surface area contributed by atoms with Gasteiger partial charge in [-0.15, -0.1) is 0 Å². The highest BCUT2D eigenvalue weighted by Gasteiger charge is 2.16. The molecule has 5 nitrogen and oxygen atoms in total. The first-order chi connectivity index (χ1) is 9.31. The molecule has 0 bridgehead atoms. The Morgan fingerprint density at radius 3 is 3.05 bits per heavy atom. The van der Waals surface area contributed by atoms with E-state index in [4.69, 9.17) is 4.52 Å². The minimum Gasteiger partial charge on any atom is -0.360 e. The van der Waals surface area contributed by atoms with Gasteiger partial charge in [0, 0.05) is 24.2 Å². The average Bonchev–Trinajstić information content (AvgIpc) is 2.85. The van der Waals surface area contributed by atoms with Crippen LogP contribution in [0.15, 0.2) is 28.8 Å². The Balaban J connectivity index is 1.75. The Bertz CT molecular complexity index is 546. The summed E-state index contributed by atoms with van der Waals surface area (Å²) in [4.78, 5) is 4.67. The van der Waals surface area contributed by atoms with Crippen LogP contribution in [-0.4, -0.2) is 23.2 Å². The van der Waals surface area contributed by atoms with Gasteiger partial charge in [0.05, 0.1) is 0 Å². The van der Waals surface area contributed by atoms with Crippen molar-refractivity contribution < 1.29 is 4.52 Å². The van der Waals surface area contributed by atoms with Crippen molar-refractivity contribution in [2.24, 2.45) is 0 Å².